The quantitative estimate of drug-likeness (QED) is 0.283. The average Bonchev–Trinajstić information content (AvgIpc) is 3.25. The fourth-order valence-electron chi connectivity index (χ4n) is 5.87. The maximum Gasteiger partial charge on any atom is 0.0845 e. The number of piperazine rings is 1. The summed E-state index contributed by atoms with van der Waals surface area (Å²) in [4.78, 5) is 4.95. The number of benzene rings is 4. The monoisotopic (exact) mass is 509 g/mol. The zero-order chi connectivity index (χ0) is 25.2. The van der Waals surface area contributed by atoms with Crippen molar-refractivity contribution in [2.24, 2.45) is 0 Å². The lowest BCUT2D eigenvalue weighted by atomic mass is 9.96. The van der Waals surface area contributed by atoms with Gasteiger partial charge in [-0.15, -0.1) is 0 Å². The van der Waals surface area contributed by atoms with Crippen molar-refractivity contribution in [2.45, 2.75) is 18.7 Å². The van der Waals surface area contributed by atoms with Gasteiger partial charge in [0.1, 0.15) is 0 Å². The lowest BCUT2D eigenvalue weighted by molar-refractivity contribution is 0.0565. The minimum absolute atomic E-state index is 0.197. The second-order valence-electron chi connectivity index (χ2n) is 10.0. The molecule has 1 fully saturated rings. The molecule has 1 aliphatic heterocycles. The number of aromatic nitrogens is 1. The molecule has 0 bridgehead atoms. The number of β-amino-alcohol motifs (C(OH)–C–C–N with tert-alkyl or cyclic N) is 1. The van der Waals surface area contributed by atoms with Crippen molar-refractivity contribution < 1.29 is 5.11 Å². The third-order valence-electron chi connectivity index (χ3n) is 7.62. The summed E-state index contributed by atoms with van der Waals surface area (Å²) in [5.41, 5.74) is 4.92. The molecule has 2 atom stereocenters. The number of hydrogen-bond donors (Lipinski definition) is 1. The van der Waals surface area contributed by atoms with E-state index in [1.54, 1.807) is 0 Å². The van der Waals surface area contributed by atoms with Crippen molar-refractivity contribution >= 4 is 33.4 Å². The summed E-state index contributed by atoms with van der Waals surface area (Å²) in [6, 6.07) is 36.1. The van der Waals surface area contributed by atoms with Crippen molar-refractivity contribution in [3.63, 3.8) is 0 Å². The fourth-order valence-corrected chi connectivity index (χ4v) is 5.99. The minimum atomic E-state index is -0.438. The normalized spacial score (nSPS) is 16.8. The second-order valence-corrected chi connectivity index (χ2v) is 10.4. The zero-order valence-corrected chi connectivity index (χ0v) is 21.6. The molecule has 0 spiro atoms. The molecule has 0 unspecified atom stereocenters. The summed E-state index contributed by atoms with van der Waals surface area (Å²) < 4.78 is 2.28. The van der Waals surface area contributed by atoms with Gasteiger partial charge in [-0.05, 0) is 35.4 Å². The van der Waals surface area contributed by atoms with Crippen LogP contribution >= 0.6 is 11.6 Å². The largest absolute Gasteiger partial charge is 0.390 e. The maximum atomic E-state index is 11.2. The van der Waals surface area contributed by atoms with E-state index in [0.29, 0.717) is 13.1 Å². The molecule has 1 aromatic heterocycles. The number of para-hydroxylation sites is 2. The standard InChI is InChI=1S/C32H32ClN3O/c33-26-16-14-25(15-17-26)32(24-8-2-1-3-9-24)35-20-18-34(19-21-35)22-27(37)23-36-30-12-6-4-10-28(30)29-11-5-7-13-31(29)36/h1-17,27,32,37H,18-23H2/t27-,32+/m1/s1. The molecule has 4 nitrogen and oxygen atoms in total. The van der Waals surface area contributed by atoms with Crippen molar-refractivity contribution in [3.8, 4) is 0 Å². The van der Waals surface area contributed by atoms with Crippen LogP contribution in [0.25, 0.3) is 21.8 Å². The Morgan fingerprint density at radius 1 is 0.622 bits per heavy atom. The number of hydrogen-bond acceptors (Lipinski definition) is 3. The smallest absolute Gasteiger partial charge is 0.0845 e. The lowest BCUT2D eigenvalue weighted by Crippen LogP contribution is -2.50. The average molecular weight is 510 g/mol. The highest BCUT2D eigenvalue weighted by molar-refractivity contribution is 6.30. The van der Waals surface area contributed by atoms with Crippen LogP contribution in [0, 0.1) is 0 Å². The number of fused-ring (bicyclic) bond motifs is 3. The molecule has 0 saturated carbocycles. The Balaban J connectivity index is 1.15. The highest BCUT2D eigenvalue weighted by Crippen LogP contribution is 2.31. The zero-order valence-electron chi connectivity index (χ0n) is 20.9. The molecule has 6 rings (SSSR count). The van der Waals surface area contributed by atoms with E-state index in [0.717, 1.165) is 31.2 Å². The predicted octanol–water partition coefficient (Wildman–Crippen LogP) is 6.22. The summed E-state index contributed by atoms with van der Waals surface area (Å²) >= 11 is 6.19. The number of rotatable bonds is 7. The van der Waals surface area contributed by atoms with Gasteiger partial charge in [0.25, 0.3) is 0 Å². The van der Waals surface area contributed by atoms with Crippen LogP contribution < -0.4 is 0 Å². The summed E-state index contributed by atoms with van der Waals surface area (Å²) in [6.07, 6.45) is -0.438. The second kappa shape index (κ2) is 10.7. The third-order valence-corrected chi connectivity index (χ3v) is 7.87. The van der Waals surface area contributed by atoms with E-state index in [1.165, 1.54) is 32.9 Å². The van der Waals surface area contributed by atoms with E-state index < -0.39 is 6.10 Å². The maximum absolute atomic E-state index is 11.2. The highest BCUT2D eigenvalue weighted by atomic mass is 35.5. The van der Waals surface area contributed by atoms with Gasteiger partial charge in [-0.3, -0.25) is 9.80 Å². The van der Waals surface area contributed by atoms with Gasteiger partial charge in [-0.2, -0.15) is 0 Å². The molecule has 1 saturated heterocycles. The van der Waals surface area contributed by atoms with Gasteiger partial charge in [0.2, 0.25) is 0 Å². The van der Waals surface area contributed by atoms with Crippen LogP contribution in [-0.4, -0.2) is 58.3 Å². The first kappa shape index (κ1) is 24.2. The summed E-state index contributed by atoms with van der Waals surface area (Å²) in [5.74, 6) is 0. The molecule has 5 aromatic rings. The summed E-state index contributed by atoms with van der Waals surface area (Å²) in [5, 5.41) is 14.4. The molecule has 37 heavy (non-hydrogen) atoms. The Hall–Kier alpha value is -3.15. The van der Waals surface area contributed by atoms with Gasteiger partial charge in [0.15, 0.2) is 0 Å². The lowest BCUT2D eigenvalue weighted by Gasteiger charge is -2.40. The van der Waals surface area contributed by atoms with Crippen molar-refractivity contribution in [1.29, 1.82) is 0 Å². The molecule has 1 aliphatic rings. The Kier molecular flexibility index (Phi) is 6.99. The summed E-state index contributed by atoms with van der Waals surface area (Å²) in [6.45, 7) is 5.02. The minimum Gasteiger partial charge on any atom is -0.390 e. The van der Waals surface area contributed by atoms with Gasteiger partial charge in [0, 0.05) is 59.6 Å². The van der Waals surface area contributed by atoms with Gasteiger partial charge >= 0.3 is 0 Å². The van der Waals surface area contributed by atoms with E-state index in [1.807, 2.05) is 12.1 Å². The Bertz CT molecular complexity index is 1420. The molecular formula is C32H32ClN3O. The van der Waals surface area contributed by atoms with Gasteiger partial charge in [0.05, 0.1) is 18.7 Å². The molecular weight excluding hydrogens is 478 g/mol. The molecule has 2 heterocycles. The van der Waals surface area contributed by atoms with Crippen LogP contribution in [0.1, 0.15) is 17.2 Å². The Labute approximate surface area is 223 Å². The van der Waals surface area contributed by atoms with Crippen molar-refractivity contribution in [1.82, 2.24) is 14.4 Å². The SMILES string of the molecule is O[C@H](CN1CCN([C@@H](c2ccccc2)c2ccc(Cl)cc2)CC1)Cn1c2ccccc2c2ccccc21. The van der Waals surface area contributed by atoms with E-state index in [2.05, 4.69) is 105 Å². The molecule has 5 heteroatoms. The number of halogens is 1. The number of aliphatic hydroxyl groups is 1. The van der Waals surface area contributed by atoms with Crippen LogP contribution in [0.3, 0.4) is 0 Å². The van der Waals surface area contributed by atoms with E-state index in [9.17, 15) is 5.11 Å². The molecule has 1 N–H and O–H groups in total. The first-order valence-corrected chi connectivity index (χ1v) is 13.5. The van der Waals surface area contributed by atoms with E-state index in [-0.39, 0.29) is 6.04 Å². The van der Waals surface area contributed by atoms with Crippen LogP contribution in [0.15, 0.2) is 103 Å². The molecule has 0 radical (unpaired) electrons. The first-order chi connectivity index (χ1) is 18.2. The van der Waals surface area contributed by atoms with Crippen LogP contribution in [0.4, 0.5) is 0 Å². The number of aliphatic hydroxyl groups excluding tert-OH is 1. The van der Waals surface area contributed by atoms with Gasteiger partial charge in [-0.25, -0.2) is 0 Å². The Morgan fingerprint density at radius 2 is 1.16 bits per heavy atom. The highest BCUT2D eigenvalue weighted by Gasteiger charge is 2.27. The van der Waals surface area contributed by atoms with Gasteiger partial charge in [-0.1, -0.05) is 90.5 Å². The van der Waals surface area contributed by atoms with Crippen LogP contribution in [-0.2, 0) is 6.54 Å². The predicted molar refractivity (Wildman–Crippen MR) is 153 cm³/mol. The topological polar surface area (TPSA) is 31.6 Å². The van der Waals surface area contributed by atoms with E-state index >= 15 is 0 Å². The number of nitrogens with zero attached hydrogens (tertiary/aromatic N) is 3. The van der Waals surface area contributed by atoms with E-state index in [4.69, 9.17) is 11.6 Å². The molecule has 0 aliphatic carbocycles. The van der Waals surface area contributed by atoms with Gasteiger partial charge < -0.3 is 9.67 Å². The molecule has 0 amide bonds. The van der Waals surface area contributed by atoms with Crippen molar-refractivity contribution in [2.75, 3.05) is 32.7 Å². The van der Waals surface area contributed by atoms with Crippen LogP contribution in [0.2, 0.25) is 5.02 Å². The molecule has 188 valence electrons. The Morgan fingerprint density at radius 3 is 1.78 bits per heavy atom. The summed E-state index contributed by atoms with van der Waals surface area (Å²) in [7, 11) is 0. The van der Waals surface area contributed by atoms with Crippen molar-refractivity contribution in [3.05, 3.63) is 119 Å². The molecule has 4 aromatic carbocycles. The fraction of sp³-hybridized carbons (Fsp3) is 0.250. The first-order valence-electron chi connectivity index (χ1n) is 13.1. The van der Waals surface area contributed by atoms with Crippen LogP contribution in [0.5, 0.6) is 0 Å². The third kappa shape index (κ3) is 5.03.